The van der Waals surface area contributed by atoms with Gasteiger partial charge in [0.2, 0.25) is 5.91 Å². The van der Waals surface area contributed by atoms with Crippen molar-refractivity contribution in [1.29, 1.82) is 0 Å². The molecule has 4 nitrogen and oxygen atoms in total. The summed E-state index contributed by atoms with van der Waals surface area (Å²) < 4.78 is 39.4. The topological polar surface area (TPSA) is 72.6 Å². The quantitative estimate of drug-likeness (QED) is 0.800. The maximum atomic E-state index is 11.9. The molecule has 7 heteroatoms. The van der Waals surface area contributed by atoms with Gasteiger partial charge >= 0.3 is 6.36 Å². The van der Waals surface area contributed by atoms with Gasteiger partial charge in [-0.25, -0.2) is 0 Å². The molecule has 3 N–H and O–H groups in total. The predicted molar refractivity (Wildman–Crippen MR) is 53.0 cm³/mol. The number of ether oxygens (including phenoxy) is 1. The Hall–Kier alpha value is -2.18. The minimum absolute atomic E-state index is 0.00875. The van der Waals surface area contributed by atoms with Crippen LogP contribution >= 0.6 is 0 Å². The number of aromatic hydroxyl groups is 1. The van der Waals surface area contributed by atoms with Crippen LogP contribution in [0.3, 0.4) is 0 Å². The fourth-order valence-corrected chi connectivity index (χ4v) is 1.04. The van der Waals surface area contributed by atoms with Gasteiger partial charge in [0.1, 0.15) is 11.5 Å². The number of benzene rings is 1. The van der Waals surface area contributed by atoms with Crippen molar-refractivity contribution in [2.75, 3.05) is 0 Å². The standard InChI is InChI=1S/C10H8F3NO3/c11-10(12,13)17-7-2-3-8(15)6(5-7)1-4-9(14)16/h1-5,15H,(H2,14,16)/b4-1-. The normalized spacial score (nSPS) is 11.7. The second-order valence-corrected chi connectivity index (χ2v) is 3.00. The van der Waals surface area contributed by atoms with E-state index in [1.807, 2.05) is 0 Å². The van der Waals surface area contributed by atoms with Crippen molar-refractivity contribution >= 4 is 12.0 Å². The lowest BCUT2D eigenvalue weighted by molar-refractivity contribution is -0.274. The monoisotopic (exact) mass is 247 g/mol. The van der Waals surface area contributed by atoms with Crippen LogP contribution in [0.4, 0.5) is 13.2 Å². The molecule has 17 heavy (non-hydrogen) atoms. The Morgan fingerprint density at radius 2 is 2.06 bits per heavy atom. The van der Waals surface area contributed by atoms with Gasteiger partial charge in [-0.2, -0.15) is 0 Å². The molecule has 92 valence electrons. The van der Waals surface area contributed by atoms with Gasteiger partial charge in [0, 0.05) is 11.6 Å². The fourth-order valence-electron chi connectivity index (χ4n) is 1.04. The van der Waals surface area contributed by atoms with Crippen molar-refractivity contribution in [3.8, 4) is 11.5 Å². The van der Waals surface area contributed by atoms with Crippen molar-refractivity contribution in [1.82, 2.24) is 0 Å². The van der Waals surface area contributed by atoms with Crippen molar-refractivity contribution in [3.05, 3.63) is 29.8 Å². The lowest BCUT2D eigenvalue weighted by Crippen LogP contribution is -2.17. The molecule has 0 bridgehead atoms. The molecule has 0 spiro atoms. The lowest BCUT2D eigenvalue weighted by atomic mass is 10.1. The van der Waals surface area contributed by atoms with E-state index in [9.17, 15) is 23.1 Å². The zero-order chi connectivity index (χ0) is 13.1. The molecular weight excluding hydrogens is 239 g/mol. The minimum Gasteiger partial charge on any atom is -0.507 e. The summed E-state index contributed by atoms with van der Waals surface area (Å²) in [6, 6.07) is 2.90. The van der Waals surface area contributed by atoms with Gasteiger partial charge in [-0.1, -0.05) is 0 Å². The van der Waals surface area contributed by atoms with Crippen LogP contribution < -0.4 is 10.5 Å². The summed E-state index contributed by atoms with van der Waals surface area (Å²) in [6.07, 6.45) is -2.82. The maximum Gasteiger partial charge on any atom is 0.573 e. The first-order valence-electron chi connectivity index (χ1n) is 4.34. The highest BCUT2D eigenvalue weighted by Crippen LogP contribution is 2.28. The van der Waals surface area contributed by atoms with Crippen LogP contribution in [0.15, 0.2) is 24.3 Å². The van der Waals surface area contributed by atoms with E-state index in [1.165, 1.54) is 0 Å². The van der Waals surface area contributed by atoms with Gasteiger partial charge in [0.25, 0.3) is 0 Å². The van der Waals surface area contributed by atoms with Crippen LogP contribution in [-0.4, -0.2) is 17.4 Å². The number of nitrogens with two attached hydrogens (primary N) is 1. The Bertz CT molecular complexity index is 455. The van der Waals surface area contributed by atoms with E-state index in [4.69, 9.17) is 5.73 Å². The van der Waals surface area contributed by atoms with Gasteiger partial charge in [-0.15, -0.1) is 13.2 Å². The van der Waals surface area contributed by atoms with Crippen LogP contribution in [0.1, 0.15) is 5.56 Å². The number of phenolic OH excluding ortho intramolecular Hbond substituents is 1. The summed E-state index contributed by atoms with van der Waals surface area (Å²) in [5.74, 6) is -1.58. The highest BCUT2D eigenvalue weighted by Gasteiger charge is 2.31. The molecule has 0 radical (unpaired) electrons. The molecule has 0 unspecified atom stereocenters. The number of phenols is 1. The third-order valence-electron chi connectivity index (χ3n) is 1.66. The van der Waals surface area contributed by atoms with E-state index in [-0.39, 0.29) is 11.3 Å². The van der Waals surface area contributed by atoms with Crippen LogP contribution in [0, 0.1) is 0 Å². The summed E-state index contributed by atoms with van der Waals surface area (Å²) in [5, 5.41) is 9.31. The van der Waals surface area contributed by atoms with E-state index in [0.717, 1.165) is 30.4 Å². The van der Waals surface area contributed by atoms with E-state index in [0.29, 0.717) is 0 Å². The molecule has 0 heterocycles. The van der Waals surface area contributed by atoms with E-state index >= 15 is 0 Å². The molecule has 0 fully saturated rings. The van der Waals surface area contributed by atoms with Crippen molar-refractivity contribution in [3.63, 3.8) is 0 Å². The van der Waals surface area contributed by atoms with Crippen LogP contribution in [0.25, 0.3) is 6.08 Å². The summed E-state index contributed by atoms with van der Waals surface area (Å²) in [7, 11) is 0. The lowest BCUT2D eigenvalue weighted by Gasteiger charge is -2.09. The van der Waals surface area contributed by atoms with Crippen molar-refractivity contribution in [2.45, 2.75) is 6.36 Å². The predicted octanol–water partition coefficient (Wildman–Crippen LogP) is 1.79. The van der Waals surface area contributed by atoms with Crippen molar-refractivity contribution < 1.29 is 27.8 Å². The number of hydrogen-bond acceptors (Lipinski definition) is 3. The number of primary amides is 1. The van der Waals surface area contributed by atoms with Crippen LogP contribution in [0.2, 0.25) is 0 Å². The minimum atomic E-state index is -4.82. The second-order valence-electron chi connectivity index (χ2n) is 3.00. The van der Waals surface area contributed by atoms with Crippen molar-refractivity contribution in [2.24, 2.45) is 5.73 Å². The number of carbonyl (C=O) groups excluding carboxylic acids is 1. The molecule has 0 atom stereocenters. The number of carbonyl (C=O) groups is 1. The Morgan fingerprint density at radius 3 is 2.59 bits per heavy atom. The average molecular weight is 247 g/mol. The first-order chi connectivity index (χ1) is 7.78. The Balaban J connectivity index is 2.98. The molecule has 0 aliphatic rings. The molecule has 0 saturated carbocycles. The fraction of sp³-hybridized carbons (Fsp3) is 0.100. The zero-order valence-electron chi connectivity index (χ0n) is 8.36. The third-order valence-corrected chi connectivity index (χ3v) is 1.66. The Kier molecular flexibility index (Phi) is 3.62. The van der Waals surface area contributed by atoms with Crippen LogP contribution in [0.5, 0.6) is 11.5 Å². The first-order valence-corrected chi connectivity index (χ1v) is 4.34. The zero-order valence-corrected chi connectivity index (χ0v) is 8.36. The summed E-state index contributed by atoms with van der Waals surface area (Å²) in [4.78, 5) is 10.4. The molecule has 0 saturated heterocycles. The molecular formula is C10H8F3NO3. The Morgan fingerprint density at radius 1 is 1.41 bits per heavy atom. The van der Waals surface area contributed by atoms with Gasteiger partial charge in [0.05, 0.1) is 0 Å². The number of amides is 1. The highest BCUT2D eigenvalue weighted by atomic mass is 19.4. The SMILES string of the molecule is NC(=O)/C=C\c1cc(OC(F)(F)F)ccc1O. The number of hydrogen-bond donors (Lipinski definition) is 2. The van der Waals surface area contributed by atoms with E-state index < -0.39 is 18.0 Å². The second kappa shape index (κ2) is 4.77. The highest BCUT2D eigenvalue weighted by molar-refractivity contribution is 5.90. The summed E-state index contributed by atoms with van der Waals surface area (Å²) in [5.41, 5.74) is 4.80. The smallest absolute Gasteiger partial charge is 0.507 e. The van der Waals surface area contributed by atoms with E-state index in [1.54, 1.807) is 0 Å². The van der Waals surface area contributed by atoms with E-state index in [2.05, 4.69) is 4.74 Å². The Labute approximate surface area is 94.1 Å². The van der Waals surface area contributed by atoms with Gasteiger partial charge in [-0.05, 0) is 24.3 Å². The molecule has 0 aromatic heterocycles. The van der Waals surface area contributed by atoms with Gasteiger partial charge in [0.15, 0.2) is 0 Å². The molecule has 0 aliphatic carbocycles. The average Bonchev–Trinajstić information content (AvgIpc) is 2.16. The van der Waals surface area contributed by atoms with Gasteiger partial charge in [-0.3, -0.25) is 4.79 Å². The maximum absolute atomic E-state index is 11.9. The molecule has 1 aromatic rings. The van der Waals surface area contributed by atoms with Crippen LogP contribution in [-0.2, 0) is 4.79 Å². The number of alkyl halides is 3. The summed E-state index contributed by atoms with van der Waals surface area (Å²) >= 11 is 0. The molecule has 1 amide bonds. The number of halogens is 3. The molecule has 1 rings (SSSR count). The number of rotatable bonds is 3. The van der Waals surface area contributed by atoms with Gasteiger partial charge < -0.3 is 15.6 Å². The largest absolute Gasteiger partial charge is 0.573 e. The first kappa shape index (κ1) is 12.9. The molecule has 1 aromatic carbocycles. The molecule has 0 aliphatic heterocycles. The third kappa shape index (κ3) is 4.45. The summed E-state index contributed by atoms with van der Waals surface area (Å²) in [6.45, 7) is 0.